The maximum atomic E-state index is 12.5. The molecule has 1 aliphatic rings. The van der Waals surface area contributed by atoms with Crippen molar-refractivity contribution in [1.29, 1.82) is 0 Å². The minimum absolute atomic E-state index is 0.0352. The summed E-state index contributed by atoms with van der Waals surface area (Å²) in [6.45, 7) is 6.59. The van der Waals surface area contributed by atoms with Gasteiger partial charge in [-0.25, -0.2) is 0 Å². The molecule has 1 atom stereocenters. The fourth-order valence-electron chi connectivity index (χ4n) is 2.59. The van der Waals surface area contributed by atoms with Crippen LogP contribution in [0.25, 0.3) is 0 Å². The standard InChI is InChI=1S/C14H23N5O2/c1-9(2)13(15-10(3)20)14(21)18(4)8-12-17-16-11-6-5-7-19(11)12/h9,13H,5-8H2,1-4H3,(H,15,20). The van der Waals surface area contributed by atoms with E-state index in [-0.39, 0.29) is 17.7 Å². The van der Waals surface area contributed by atoms with E-state index in [1.807, 2.05) is 13.8 Å². The van der Waals surface area contributed by atoms with Gasteiger partial charge in [0.05, 0.1) is 6.54 Å². The third-order valence-electron chi connectivity index (χ3n) is 3.73. The molecule has 1 unspecified atom stereocenters. The molecule has 1 N–H and O–H groups in total. The zero-order valence-corrected chi connectivity index (χ0v) is 13.1. The van der Waals surface area contributed by atoms with Gasteiger partial charge in [-0.2, -0.15) is 0 Å². The zero-order chi connectivity index (χ0) is 15.6. The SMILES string of the molecule is CC(=O)NC(C(=O)N(C)Cc1nnc2n1CCC2)C(C)C. The van der Waals surface area contributed by atoms with Crippen LogP contribution in [0, 0.1) is 5.92 Å². The summed E-state index contributed by atoms with van der Waals surface area (Å²) in [6, 6.07) is -0.506. The molecule has 2 rings (SSSR count). The van der Waals surface area contributed by atoms with Gasteiger partial charge in [0.2, 0.25) is 11.8 Å². The van der Waals surface area contributed by atoms with E-state index in [4.69, 9.17) is 0 Å². The minimum atomic E-state index is -0.506. The summed E-state index contributed by atoms with van der Waals surface area (Å²) < 4.78 is 2.08. The molecule has 21 heavy (non-hydrogen) atoms. The summed E-state index contributed by atoms with van der Waals surface area (Å²) in [4.78, 5) is 25.4. The van der Waals surface area contributed by atoms with Crippen LogP contribution < -0.4 is 5.32 Å². The molecule has 0 saturated heterocycles. The van der Waals surface area contributed by atoms with E-state index in [1.165, 1.54) is 6.92 Å². The maximum absolute atomic E-state index is 12.5. The third-order valence-corrected chi connectivity index (χ3v) is 3.73. The van der Waals surface area contributed by atoms with Gasteiger partial charge in [0, 0.05) is 26.9 Å². The Bertz CT molecular complexity index is 537. The Morgan fingerprint density at radius 1 is 1.38 bits per heavy atom. The second-order valence-corrected chi connectivity index (χ2v) is 5.90. The highest BCUT2D eigenvalue weighted by Crippen LogP contribution is 2.15. The first-order valence-corrected chi connectivity index (χ1v) is 7.33. The number of hydrogen-bond acceptors (Lipinski definition) is 4. The van der Waals surface area contributed by atoms with Crippen LogP contribution in [0.5, 0.6) is 0 Å². The first-order valence-electron chi connectivity index (χ1n) is 7.33. The average molecular weight is 293 g/mol. The molecular formula is C14H23N5O2. The van der Waals surface area contributed by atoms with Gasteiger partial charge in [-0.1, -0.05) is 13.8 Å². The zero-order valence-electron chi connectivity index (χ0n) is 13.1. The number of aryl methyl sites for hydroxylation is 1. The van der Waals surface area contributed by atoms with Gasteiger partial charge in [0.15, 0.2) is 5.82 Å². The number of amides is 2. The number of fused-ring (bicyclic) bond motifs is 1. The lowest BCUT2D eigenvalue weighted by atomic mass is 10.0. The molecule has 0 fully saturated rings. The smallest absolute Gasteiger partial charge is 0.245 e. The van der Waals surface area contributed by atoms with Crippen LogP contribution >= 0.6 is 0 Å². The molecule has 7 nitrogen and oxygen atoms in total. The number of hydrogen-bond donors (Lipinski definition) is 1. The van der Waals surface area contributed by atoms with Crippen LogP contribution in [0.1, 0.15) is 38.8 Å². The minimum Gasteiger partial charge on any atom is -0.344 e. The molecule has 2 heterocycles. The molecular weight excluding hydrogens is 270 g/mol. The molecule has 1 aromatic rings. The van der Waals surface area contributed by atoms with Crippen molar-refractivity contribution in [3.8, 4) is 0 Å². The number of aromatic nitrogens is 3. The van der Waals surface area contributed by atoms with E-state index in [1.54, 1.807) is 11.9 Å². The predicted molar refractivity (Wildman–Crippen MR) is 77.3 cm³/mol. The quantitative estimate of drug-likeness (QED) is 0.849. The van der Waals surface area contributed by atoms with Crippen LogP contribution in [0.4, 0.5) is 0 Å². The molecule has 0 saturated carbocycles. The lowest BCUT2D eigenvalue weighted by Crippen LogP contribution is -2.49. The Kier molecular flexibility index (Phi) is 4.59. The molecule has 1 aromatic heterocycles. The number of likely N-dealkylation sites (N-methyl/N-ethyl adjacent to an activating group) is 1. The highest BCUT2D eigenvalue weighted by atomic mass is 16.2. The van der Waals surface area contributed by atoms with Crippen molar-refractivity contribution in [3.63, 3.8) is 0 Å². The van der Waals surface area contributed by atoms with Crippen molar-refractivity contribution in [2.45, 2.75) is 52.7 Å². The first-order chi connectivity index (χ1) is 9.90. The fraction of sp³-hybridized carbons (Fsp3) is 0.714. The summed E-state index contributed by atoms with van der Waals surface area (Å²) in [5.41, 5.74) is 0. The van der Waals surface area contributed by atoms with Crippen LogP contribution in [-0.2, 0) is 29.1 Å². The molecule has 1 aliphatic heterocycles. The fourth-order valence-corrected chi connectivity index (χ4v) is 2.59. The molecule has 116 valence electrons. The maximum Gasteiger partial charge on any atom is 0.245 e. The first kappa shape index (κ1) is 15.5. The van der Waals surface area contributed by atoms with E-state index < -0.39 is 6.04 Å². The molecule has 0 spiro atoms. The van der Waals surface area contributed by atoms with E-state index in [0.29, 0.717) is 6.54 Å². The molecule has 0 bridgehead atoms. The summed E-state index contributed by atoms with van der Waals surface area (Å²) in [5.74, 6) is 1.54. The van der Waals surface area contributed by atoms with Crippen molar-refractivity contribution in [2.24, 2.45) is 5.92 Å². The van der Waals surface area contributed by atoms with Crippen molar-refractivity contribution >= 4 is 11.8 Å². The lowest BCUT2D eigenvalue weighted by molar-refractivity contribution is -0.136. The van der Waals surface area contributed by atoms with Crippen molar-refractivity contribution in [1.82, 2.24) is 25.0 Å². The lowest BCUT2D eigenvalue weighted by Gasteiger charge is -2.26. The Labute approximate surface area is 124 Å². The van der Waals surface area contributed by atoms with E-state index in [2.05, 4.69) is 20.1 Å². The van der Waals surface area contributed by atoms with Gasteiger partial charge in [-0.05, 0) is 12.3 Å². The molecule has 2 amide bonds. The largest absolute Gasteiger partial charge is 0.344 e. The normalized spacial score (nSPS) is 14.9. The van der Waals surface area contributed by atoms with Crippen LogP contribution in [0.2, 0.25) is 0 Å². The average Bonchev–Trinajstić information content (AvgIpc) is 2.99. The highest BCUT2D eigenvalue weighted by Gasteiger charge is 2.27. The van der Waals surface area contributed by atoms with Gasteiger partial charge in [0.25, 0.3) is 0 Å². The predicted octanol–water partition coefficient (Wildman–Crippen LogP) is 0.343. The Morgan fingerprint density at radius 3 is 2.71 bits per heavy atom. The van der Waals surface area contributed by atoms with E-state index >= 15 is 0 Å². The Hall–Kier alpha value is -1.92. The number of carbonyl (C=O) groups excluding carboxylic acids is 2. The molecule has 7 heteroatoms. The summed E-state index contributed by atoms with van der Waals surface area (Å²) >= 11 is 0. The second kappa shape index (κ2) is 6.24. The highest BCUT2D eigenvalue weighted by molar-refractivity contribution is 5.86. The van der Waals surface area contributed by atoms with E-state index in [0.717, 1.165) is 31.0 Å². The number of nitrogens with zero attached hydrogens (tertiary/aromatic N) is 4. The van der Waals surface area contributed by atoms with Gasteiger partial charge in [0.1, 0.15) is 11.9 Å². The monoisotopic (exact) mass is 293 g/mol. The van der Waals surface area contributed by atoms with Gasteiger partial charge < -0.3 is 14.8 Å². The second-order valence-electron chi connectivity index (χ2n) is 5.90. The van der Waals surface area contributed by atoms with Crippen molar-refractivity contribution in [2.75, 3.05) is 7.05 Å². The van der Waals surface area contributed by atoms with Crippen molar-refractivity contribution in [3.05, 3.63) is 11.6 Å². The summed E-state index contributed by atoms with van der Waals surface area (Å²) in [7, 11) is 1.73. The summed E-state index contributed by atoms with van der Waals surface area (Å²) in [5, 5.41) is 11.0. The molecule has 0 aliphatic carbocycles. The Balaban J connectivity index is 2.05. The number of carbonyl (C=O) groups is 2. The van der Waals surface area contributed by atoms with Crippen molar-refractivity contribution < 1.29 is 9.59 Å². The molecule has 0 radical (unpaired) electrons. The Morgan fingerprint density at radius 2 is 2.10 bits per heavy atom. The molecule has 0 aromatic carbocycles. The van der Waals surface area contributed by atoms with E-state index in [9.17, 15) is 9.59 Å². The summed E-state index contributed by atoms with van der Waals surface area (Å²) in [6.07, 6.45) is 2.03. The number of rotatable bonds is 5. The van der Waals surface area contributed by atoms with Gasteiger partial charge >= 0.3 is 0 Å². The van der Waals surface area contributed by atoms with Crippen LogP contribution in [0.3, 0.4) is 0 Å². The number of nitrogens with one attached hydrogen (secondary N) is 1. The van der Waals surface area contributed by atoms with Gasteiger partial charge in [-0.3, -0.25) is 9.59 Å². The third kappa shape index (κ3) is 3.40. The van der Waals surface area contributed by atoms with Crippen LogP contribution in [0.15, 0.2) is 0 Å². The van der Waals surface area contributed by atoms with Gasteiger partial charge in [-0.15, -0.1) is 10.2 Å². The van der Waals surface area contributed by atoms with Crippen LogP contribution in [-0.4, -0.2) is 44.6 Å². The topological polar surface area (TPSA) is 80.1 Å².